The van der Waals surface area contributed by atoms with Crippen LogP contribution in [-0.2, 0) is 9.59 Å². The summed E-state index contributed by atoms with van der Waals surface area (Å²) in [6, 6.07) is 17.5. The number of oxime groups is 2. The van der Waals surface area contributed by atoms with E-state index in [0.29, 0.717) is 24.2 Å². The monoisotopic (exact) mass is 426 g/mol. The van der Waals surface area contributed by atoms with E-state index in [-0.39, 0.29) is 11.4 Å². The summed E-state index contributed by atoms with van der Waals surface area (Å²) in [5, 5.41) is 32.0. The summed E-state index contributed by atoms with van der Waals surface area (Å²) >= 11 is 0. The van der Waals surface area contributed by atoms with Gasteiger partial charge in [-0.05, 0) is 0 Å². The molecule has 164 valence electrons. The number of hydrogen-bond donors (Lipinski definition) is 5. The first kappa shape index (κ1) is 23.6. The van der Waals surface area contributed by atoms with Gasteiger partial charge in [0.25, 0.3) is 11.8 Å². The lowest BCUT2D eigenvalue weighted by Gasteiger charge is -2.08. The zero-order chi connectivity index (χ0) is 22.3. The smallest absolute Gasteiger partial charge is 0.273 e. The van der Waals surface area contributed by atoms with Gasteiger partial charge >= 0.3 is 0 Å². The Labute approximate surface area is 180 Å². The van der Waals surface area contributed by atoms with E-state index in [1.807, 2.05) is 12.1 Å². The average Bonchev–Trinajstić information content (AvgIpc) is 2.80. The third kappa shape index (κ3) is 7.90. The van der Waals surface area contributed by atoms with E-state index >= 15 is 0 Å². The number of rotatable bonds is 12. The zero-order valence-corrected chi connectivity index (χ0v) is 17.2. The van der Waals surface area contributed by atoms with Crippen LogP contribution in [0.1, 0.15) is 24.0 Å². The second kappa shape index (κ2) is 13.5. The molecule has 0 bridgehead atoms. The number of nitrogens with zero attached hydrogens (tertiary/aromatic N) is 2. The van der Waals surface area contributed by atoms with Gasteiger partial charge in [0, 0.05) is 37.1 Å². The first-order valence-corrected chi connectivity index (χ1v) is 10.1. The van der Waals surface area contributed by atoms with Crippen LogP contribution < -0.4 is 16.0 Å². The number of nitrogens with two attached hydrogens (primary N) is 1. The van der Waals surface area contributed by atoms with Gasteiger partial charge < -0.3 is 26.4 Å². The maximum absolute atomic E-state index is 12.1. The van der Waals surface area contributed by atoms with Crippen LogP contribution in [0.5, 0.6) is 0 Å². The Balaban J connectivity index is 1.56. The summed E-state index contributed by atoms with van der Waals surface area (Å²) in [5.74, 6) is -0.840. The predicted molar refractivity (Wildman–Crippen MR) is 116 cm³/mol. The molecule has 0 heterocycles. The van der Waals surface area contributed by atoms with Crippen molar-refractivity contribution in [1.29, 1.82) is 0 Å². The Morgan fingerprint density at radius 2 is 1.10 bits per heavy atom. The lowest BCUT2D eigenvalue weighted by Crippen LogP contribution is -2.84. The molecular weight excluding hydrogens is 398 g/mol. The predicted octanol–water partition coefficient (Wildman–Crippen LogP) is 0.319. The molecule has 0 atom stereocenters. The van der Waals surface area contributed by atoms with Gasteiger partial charge in [0.2, 0.25) is 0 Å². The molecule has 9 heteroatoms. The topological polar surface area (TPSA) is 140 Å². The molecule has 0 saturated carbocycles. The zero-order valence-electron chi connectivity index (χ0n) is 17.2. The summed E-state index contributed by atoms with van der Waals surface area (Å²) in [4.78, 5) is 24.2. The van der Waals surface area contributed by atoms with Gasteiger partial charge in [-0.15, -0.1) is 0 Å². The standard InChI is InChI=1S/C22H27N5O4/c28-21(19(26-30)17-9-3-1-4-10-17)24-15-7-13-23-14-8-16-25-22(29)20(27-31)18-11-5-2-6-12-18/h1-6,9-12,23,30-31H,7-8,13-16H2,(H,24,28)(H,25,29)/p+1/b26-19-,27-20-. The lowest BCUT2D eigenvalue weighted by atomic mass is 10.1. The first-order chi connectivity index (χ1) is 15.2. The van der Waals surface area contributed by atoms with Crippen molar-refractivity contribution in [3.63, 3.8) is 0 Å². The maximum atomic E-state index is 12.1. The Hall–Kier alpha value is -3.72. The van der Waals surface area contributed by atoms with Gasteiger partial charge in [-0.2, -0.15) is 0 Å². The van der Waals surface area contributed by atoms with Crippen LogP contribution in [0.2, 0.25) is 0 Å². The number of amides is 2. The van der Waals surface area contributed by atoms with E-state index in [2.05, 4.69) is 26.3 Å². The van der Waals surface area contributed by atoms with Gasteiger partial charge in [-0.3, -0.25) is 9.59 Å². The normalized spacial score (nSPS) is 11.7. The van der Waals surface area contributed by atoms with Gasteiger partial charge in [-0.1, -0.05) is 71.0 Å². The van der Waals surface area contributed by atoms with Crippen molar-refractivity contribution in [2.24, 2.45) is 10.3 Å². The fourth-order valence-electron chi connectivity index (χ4n) is 2.87. The first-order valence-electron chi connectivity index (χ1n) is 10.1. The van der Waals surface area contributed by atoms with Crippen molar-refractivity contribution in [3.05, 3.63) is 71.8 Å². The number of benzene rings is 2. The highest BCUT2D eigenvalue weighted by Crippen LogP contribution is 2.02. The summed E-state index contributed by atoms with van der Waals surface area (Å²) in [5.41, 5.74) is 1.08. The molecule has 0 spiro atoms. The molecular formula is C22H28N5O4+. The molecule has 2 amide bonds. The molecule has 0 aliphatic heterocycles. The highest BCUT2D eigenvalue weighted by molar-refractivity contribution is 6.45. The third-order valence-corrected chi connectivity index (χ3v) is 4.47. The van der Waals surface area contributed by atoms with Crippen LogP contribution in [0.15, 0.2) is 71.0 Å². The number of quaternary nitrogens is 1. The number of carbonyl (C=O) groups excluding carboxylic acids is 2. The third-order valence-electron chi connectivity index (χ3n) is 4.47. The Morgan fingerprint density at radius 3 is 1.45 bits per heavy atom. The SMILES string of the molecule is O=C(NCCC[NH2+]CCCNC(=O)/C(=N\O)c1ccccc1)/C(=N\O)c1ccccc1. The molecule has 2 rings (SSSR count). The summed E-state index contributed by atoms with van der Waals surface area (Å²) in [7, 11) is 0. The molecule has 9 nitrogen and oxygen atoms in total. The van der Waals surface area contributed by atoms with Crippen molar-refractivity contribution in [1.82, 2.24) is 10.6 Å². The largest absolute Gasteiger partial charge is 0.410 e. The average molecular weight is 426 g/mol. The van der Waals surface area contributed by atoms with Crippen LogP contribution in [0, 0.1) is 0 Å². The lowest BCUT2D eigenvalue weighted by molar-refractivity contribution is -0.654. The van der Waals surface area contributed by atoms with Crippen molar-refractivity contribution in [3.8, 4) is 0 Å². The summed E-state index contributed by atoms with van der Waals surface area (Å²) in [6.07, 6.45) is 1.50. The molecule has 0 aliphatic rings. The Kier molecular flexibility index (Phi) is 10.3. The minimum absolute atomic E-state index is 0.0124. The quantitative estimate of drug-likeness (QED) is 0.144. The van der Waals surface area contributed by atoms with E-state index in [0.717, 1.165) is 25.9 Å². The molecule has 0 radical (unpaired) electrons. The van der Waals surface area contributed by atoms with E-state index in [1.165, 1.54) is 0 Å². The van der Waals surface area contributed by atoms with E-state index < -0.39 is 11.8 Å². The number of carbonyl (C=O) groups is 2. The van der Waals surface area contributed by atoms with Crippen molar-refractivity contribution >= 4 is 23.2 Å². The second-order valence-corrected chi connectivity index (χ2v) is 6.71. The van der Waals surface area contributed by atoms with Crippen molar-refractivity contribution in [2.75, 3.05) is 26.2 Å². The number of hydrogen-bond acceptors (Lipinski definition) is 6. The van der Waals surface area contributed by atoms with Crippen molar-refractivity contribution < 1.29 is 25.3 Å². The van der Waals surface area contributed by atoms with Gasteiger partial charge in [0.15, 0.2) is 11.4 Å². The van der Waals surface area contributed by atoms with E-state index in [4.69, 9.17) is 10.4 Å². The van der Waals surface area contributed by atoms with Gasteiger partial charge in [0.1, 0.15) is 0 Å². The van der Waals surface area contributed by atoms with Gasteiger partial charge in [0.05, 0.1) is 13.1 Å². The molecule has 0 saturated heterocycles. The number of nitrogens with one attached hydrogen (secondary N) is 2. The fraction of sp³-hybridized carbons (Fsp3) is 0.273. The van der Waals surface area contributed by atoms with E-state index in [1.54, 1.807) is 48.5 Å². The molecule has 6 N–H and O–H groups in total. The molecule has 31 heavy (non-hydrogen) atoms. The van der Waals surface area contributed by atoms with Crippen LogP contribution in [0.25, 0.3) is 0 Å². The van der Waals surface area contributed by atoms with Crippen LogP contribution in [0.4, 0.5) is 0 Å². The second-order valence-electron chi connectivity index (χ2n) is 6.71. The summed E-state index contributed by atoms with van der Waals surface area (Å²) in [6.45, 7) is 2.54. The Bertz CT molecular complexity index is 812. The van der Waals surface area contributed by atoms with Crippen LogP contribution >= 0.6 is 0 Å². The molecule has 0 fully saturated rings. The molecule has 0 aliphatic carbocycles. The minimum Gasteiger partial charge on any atom is -0.410 e. The van der Waals surface area contributed by atoms with E-state index in [9.17, 15) is 9.59 Å². The molecule has 2 aromatic carbocycles. The van der Waals surface area contributed by atoms with Crippen LogP contribution in [0.3, 0.4) is 0 Å². The van der Waals surface area contributed by atoms with Crippen LogP contribution in [-0.4, -0.2) is 59.8 Å². The molecule has 0 aromatic heterocycles. The molecule has 0 unspecified atom stereocenters. The highest BCUT2D eigenvalue weighted by Gasteiger charge is 2.14. The summed E-state index contributed by atoms with van der Waals surface area (Å²) < 4.78 is 0. The Morgan fingerprint density at radius 1 is 0.710 bits per heavy atom. The highest BCUT2D eigenvalue weighted by atomic mass is 16.4. The van der Waals surface area contributed by atoms with Gasteiger partial charge in [-0.25, -0.2) is 0 Å². The van der Waals surface area contributed by atoms with Crippen molar-refractivity contribution in [2.45, 2.75) is 12.8 Å². The maximum Gasteiger partial charge on any atom is 0.273 e. The fourth-order valence-corrected chi connectivity index (χ4v) is 2.87. The molecule has 2 aromatic rings. The minimum atomic E-state index is -0.420.